The lowest BCUT2D eigenvalue weighted by Crippen LogP contribution is -2.02. The summed E-state index contributed by atoms with van der Waals surface area (Å²) in [6, 6.07) is 3.54. The van der Waals surface area contributed by atoms with Crippen LogP contribution in [0.25, 0.3) is 10.6 Å². The third kappa shape index (κ3) is 2.14. The Bertz CT molecular complexity index is 598. The van der Waals surface area contributed by atoms with Gasteiger partial charge in [-0.25, -0.2) is 4.79 Å². The molecule has 2 heterocycles. The van der Waals surface area contributed by atoms with Gasteiger partial charge in [0.25, 0.3) is 0 Å². The molecule has 0 amide bonds. The Morgan fingerprint density at radius 1 is 1.39 bits per heavy atom. The summed E-state index contributed by atoms with van der Waals surface area (Å²) in [6.45, 7) is 1.64. The van der Waals surface area contributed by atoms with E-state index in [1.165, 1.54) is 11.3 Å². The maximum absolute atomic E-state index is 11.3. The molecule has 0 radical (unpaired) electrons. The van der Waals surface area contributed by atoms with E-state index in [0.29, 0.717) is 21.0 Å². The number of H-pyrrole nitrogens is 1. The molecule has 0 aliphatic rings. The number of aromatic carboxylic acids is 1. The van der Waals surface area contributed by atoms with Crippen LogP contribution in [0.1, 0.15) is 20.8 Å². The zero-order valence-corrected chi connectivity index (χ0v) is 10.4. The molecule has 0 saturated carbocycles. The van der Waals surface area contributed by atoms with Crippen LogP contribution in [0.15, 0.2) is 18.3 Å². The fraction of sp³-hybridized carbons (Fsp3) is 0.167. The van der Waals surface area contributed by atoms with E-state index in [4.69, 9.17) is 5.11 Å². The van der Waals surface area contributed by atoms with E-state index < -0.39 is 11.9 Å². The predicted molar refractivity (Wildman–Crippen MR) is 67.1 cm³/mol. The summed E-state index contributed by atoms with van der Waals surface area (Å²) in [5, 5.41) is 18.1. The van der Waals surface area contributed by atoms with Gasteiger partial charge in [0.15, 0.2) is 0 Å². The Morgan fingerprint density at radius 2 is 2.11 bits per heavy atom. The van der Waals surface area contributed by atoms with Crippen molar-refractivity contribution in [2.45, 2.75) is 13.3 Å². The molecule has 0 atom stereocenters. The van der Waals surface area contributed by atoms with Crippen molar-refractivity contribution in [2.75, 3.05) is 0 Å². The van der Waals surface area contributed by atoms with Gasteiger partial charge in [-0.3, -0.25) is 4.79 Å². The van der Waals surface area contributed by atoms with Crippen molar-refractivity contribution >= 4 is 23.3 Å². The molecular weight excluding hydrogens is 254 g/mol. The molecule has 2 aromatic rings. The van der Waals surface area contributed by atoms with E-state index in [2.05, 4.69) is 4.98 Å². The second-order valence-corrected chi connectivity index (χ2v) is 4.92. The van der Waals surface area contributed by atoms with Crippen molar-refractivity contribution < 1.29 is 19.8 Å². The largest absolute Gasteiger partial charge is 0.481 e. The van der Waals surface area contributed by atoms with Gasteiger partial charge in [0, 0.05) is 11.1 Å². The second-order valence-electron chi connectivity index (χ2n) is 3.81. The minimum absolute atomic E-state index is 0.155. The highest BCUT2D eigenvalue weighted by Crippen LogP contribution is 2.36. The Morgan fingerprint density at radius 3 is 2.61 bits per heavy atom. The van der Waals surface area contributed by atoms with Crippen molar-refractivity contribution in [1.29, 1.82) is 0 Å². The molecular formula is C12H11NO4S. The van der Waals surface area contributed by atoms with E-state index in [1.807, 2.05) is 0 Å². The number of carboxylic acid groups (broad SMARTS) is 2. The number of nitrogens with one attached hydrogen (secondary N) is 1. The van der Waals surface area contributed by atoms with E-state index in [0.717, 1.165) is 0 Å². The molecule has 2 rings (SSSR count). The van der Waals surface area contributed by atoms with Crippen molar-refractivity contribution in [3.63, 3.8) is 0 Å². The predicted octanol–water partition coefficient (Wildman–Crippen LogP) is 2.38. The Balaban J connectivity index is 2.58. The summed E-state index contributed by atoms with van der Waals surface area (Å²) in [4.78, 5) is 26.1. The fourth-order valence-corrected chi connectivity index (χ4v) is 3.06. The molecule has 0 saturated heterocycles. The monoisotopic (exact) mass is 265 g/mol. The number of aromatic amines is 1. The number of hydrogen-bond donors (Lipinski definition) is 3. The summed E-state index contributed by atoms with van der Waals surface area (Å²) in [5.41, 5.74) is 1.40. The minimum atomic E-state index is -1.04. The van der Waals surface area contributed by atoms with Crippen LogP contribution >= 0.6 is 11.3 Å². The highest BCUT2D eigenvalue weighted by atomic mass is 32.1. The van der Waals surface area contributed by atoms with E-state index in [1.54, 1.807) is 25.3 Å². The zero-order chi connectivity index (χ0) is 13.3. The maximum atomic E-state index is 11.3. The number of carbonyl (C=O) groups is 2. The van der Waals surface area contributed by atoms with Crippen LogP contribution in [-0.2, 0) is 11.2 Å². The zero-order valence-electron chi connectivity index (χ0n) is 9.56. The first-order chi connectivity index (χ1) is 8.50. The van der Waals surface area contributed by atoms with Gasteiger partial charge in [0.05, 0.1) is 22.6 Å². The van der Waals surface area contributed by atoms with Crippen LogP contribution in [0, 0.1) is 6.92 Å². The normalized spacial score (nSPS) is 10.5. The average Bonchev–Trinajstić information content (AvgIpc) is 2.86. The van der Waals surface area contributed by atoms with Crippen molar-refractivity contribution in [2.24, 2.45) is 0 Å². The minimum Gasteiger partial charge on any atom is -0.481 e. The lowest BCUT2D eigenvalue weighted by Gasteiger charge is -1.98. The van der Waals surface area contributed by atoms with Crippen molar-refractivity contribution in [3.8, 4) is 10.6 Å². The van der Waals surface area contributed by atoms with Gasteiger partial charge in [0.2, 0.25) is 0 Å². The van der Waals surface area contributed by atoms with Crippen LogP contribution < -0.4 is 0 Å². The number of aliphatic carboxylic acids is 1. The molecule has 6 heteroatoms. The second kappa shape index (κ2) is 4.66. The van der Waals surface area contributed by atoms with Crippen LogP contribution in [-0.4, -0.2) is 27.1 Å². The standard InChI is InChI=1S/C12H11NO4S/c1-6-8(5-9(14)15)18-11(10(6)12(16)17)7-3-2-4-13-7/h2-4,13H,5H2,1H3,(H,14,15)(H,16,17). The molecule has 2 aromatic heterocycles. The third-order valence-corrected chi connectivity index (χ3v) is 3.94. The lowest BCUT2D eigenvalue weighted by molar-refractivity contribution is -0.136. The Kier molecular flexibility index (Phi) is 3.20. The molecule has 0 aliphatic carbocycles. The molecule has 0 spiro atoms. The molecule has 94 valence electrons. The van der Waals surface area contributed by atoms with E-state index in [-0.39, 0.29) is 12.0 Å². The number of carboxylic acids is 2. The summed E-state index contributed by atoms with van der Waals surface area (Å²) in [5.74, 6) is -2.00. The van der Waals surface area contributed by atoms with Crippen LogP contribution in [0.5, 0.6) is 0 Å². The van der Waals surface area contributed by atoms with Crippen molar-refractivity contribution in [3.05, 3.63) is 34.3 Å². The summed E-state index contributed by atoms with van der Waals surface area (Å²) >= 11 is 1.21. The van der Waals surface area contributed by atoms with Gasteiger partial charge in [-0.1, -0.05) is 0 Å². The number of thiophene rings is 1. The fourth-order valence-electron chi connectivity index (χ4n) is 1.79. The molecule has 0 aliphatic heterocycles. The van der Waals surface area contributed by atoms with E-state index >= 15 is 0 Å². The Labute approximate surface area is 107 Å². The highest BCUT2D eigenvalue weighted by Gasteiger charge is 2.22. The first-order valence-electron chi connectivity index (χ1n) is 5.21. The Hall–Kier alpha value is -2.08. The molecule has 5 nitrogen and oxygen atoms in total. The number of aromatic nitrogens is 1. The van der Waals surface area contributed by atoms with Gasteiger partial charge in [0.1, 0.15) is 0 Å². The van der Waals surface area contributed by atoms with E-state index in [9.17, 15) is 14.7 Å². The highest BCUT2D eigenvalue weighted by molar-refractivity contribution is 7.16. The van der Waals surface area contributed by atoms with Crippen LogP contribution in [0.2, 0.25) is 0 Å². The first kappa shape index (κ1) is 12.4. The summed E-state index contributed by atoms with van der Waals surface area (Å²) in [7, 11) is 0. The molecule has 0 fully saturated rings. The summed E-state index contributed by atoms with van der Waals surface area (Å²) in [6.07, 6.45) is 1.55. The molecule has 0 unspecified atom stereocenters. The molecule has 3 N–H and O–H groups in total. The van der Waals surface area contributed by atoms with Gasteiger partial charge in [-0.2, -0.15) is 0 Å². The maximum Gasteiger partial charge on any atom is 0.337 e. The molecule has 0 bridgehead atoms. The van der Waals surface area contributed by atoms with Crippen LogP contribution in [0.4, 0.5) is 0 Å². The SMILES string of the molecule is Cc1c(CC(=O)O)sc(-c2ccc[nH]2)c1C(=O)O. The van der Waals surface area contributed by atoms with Gasteiger partial charge < -0.3 is 15.2 Å². The number of rotatable bonds is 4. The lowest BCUT2D eigenvalue weighted by atomic mass is 10.1. The number of hydrogen-bond acceptors (Lipinski definition) is 3. The quantitative estimate of drug-likeness (QED) is 0.791. The van der Waals surface area contributed by atoms with Gasteiger partial charge in [-0.15, -0.1) is 11.3 Å². The van der Waals surface area contributed by atoms with Crippen molar-refractivity contribution in [1.82, 2.24) is 4.98 Å². The topological polar surface area (TPSA) is 90.4 Å². The molecule has 0 aromatic carbocycles. The van der Waals surface area contributed by atoms with Gasteiger partial charge in [-0.05, 0) is 24.6 Å². The first-order valence-corrected chi connectivity index (χ1v) is 6.03. The molecule has 18 heavy (non-hydrogen) atoms. The average molecular weight is 265 g/mol. The summed E-state index contributed by atoms with van der Waals surface area (Å²) < 4.78 is 0. The van der Waals surface area contributed by atoms with Crippen LogP contribution in [0.3, 0.4) is 0 Å². The smallest absolute Gasteiger partial charge is 0.337 e. The third-order valence-electron chi connectivity index (χ3n) is 2.61. The van der Waals surface area contributed by atoms with Gasteiger partial charge >= 0.3 is 11.9 Å².